The second-order valence-corrected chi connectivity index (χ2v) is 6.04. The Labute approximate surface area is 124 Å². The summed E-state index contributed by atoms with van der Waals surface area (Å²) in [5.74, 6) is 6.11. The first-order chi connectivity index (χ1) is 9.19. The summed E-state index contributed by atoms with van der Waals surface area (Å²) >= 11 is 5.11. The maximum absolute atomic E-state index is 12.9. The van der Waals surface area contributed by atoms with E-state index in [1.54, 1.807) is 23.9 Å². The summed E-state index contributed by atoms with van der Waals surface area (Å²) in [5.41, 5.74) is 3.75. The van der Waals surface area contributed by atoms with Crippen LogP contribution in [0.5, 0.6) is 0 Å². The summed E-state index contributed by atoms with van der Waals surface area (Å²) in [6.07, 6.45) is 0. The Hall–Kier alpha value is -0.880. The molecule has 3 N–H and O–H groups in total. The first-order valence-electron chi connectivity index (χ1n) is 5.79. The van der Waals surface area contributed by atoms with Crippen molar-refractivity contribution in [1.82, 2.24) is 5.43 Å². The fourth-order valence-corrected chi connectivity index (χ4v) is 2.89. The highest BCUT2D eigenvalue weighted by Gasteiger charge is 2.10. The van der Waals surface area contributed by atoms with Gasteiger partial charge in [0.1, 0.15) is 5.82 Å². The van der Waals surface area contributed by atoms with Crippen molar-refractivity contribution in [3.05, 3.63) is 64.4 Å². The van der Waals surface area contributed by atoms with E-state index in [2.05, 4.69) is 21.4 Å². The number of hydrogen-bond donors (Lipinski definition) is 2. The molecule has 0 spiro atoms. The maximum atomic E-state index is 12.9. The lowest BCUT2D eigenvalue weighted by molar-refractivity contribution is 0.601. The van der Waals surface area contributed by atoms with Crippen molar-refractivity contribution in [3.63, 3.8) is 0 Å². The molecule has 19 heavy (non-hydrogen) atoms. The van der Waals surface area contributed by atoms with Gasteiger partial charge in [-0.2, -0.15) is 0 Å². The van der Waals surface area contributed by atoms with Crippen LogP contribution in [-0.2, 0) is 0 Å². The second-order valence-electron chi connectivity index (χ2n) is 4.04. The van der Waals surface area contributed by atoms with Crippen LogP contribution in [0, 0.1) is 5.82 Å². The smallest absolute Gasteiger partial charge is 0.123 e. The van der Waals surface area contributed by atoms with Crippen LogP contribution in [0.2, 0.25) is 0 Å². The zero-order valence-corrected chi connectivity index (χ0v) is 12.5. The van der Waals surface area contributed by atoms with Gasteiger partial charge in [-0.1, -0.05) is 28.1 Å². The van der Waals surface area contributed by atoms with Crippen molar-refractivity contribution >= 4 is 27.7 Å². The van der Waals surface area contributed by atoms with E-state index in [1.807, 2.05) is 24.3 Å². The van der Waals surface area contributed by atoms with Gasteiger partial charge in [-0.25, -0.2) is 4.39 Å². The highest BCUT2D eigenvalue weighted by atomic mass is 79.9. The van der Waals surface area contributed by atoms with Crippen LogP contribution in [0.15, 0.2) is 57.9 Å². The summed E-state index contributed by atoms with van der Waals surface area (Å²) in [4.78, 5) is 1.17. The van der Waals surface area contributed by atoms with Gasteiger partial charge in [0, 0.05) is 15.1 Å². The Morgan fingerprint density at radius 2 is 1.74 bits per heavy atom. The topological polar surface area (TPSA) is 38.0 Å². The van der Waals surface area contributed by atoms with Gasteiger partial charge in [-0.05, 0) is 42.0 Å². The molecule has 2 aromatic carbocycles. The SMILES string of the molecule is NNC(CSc1ccc(Br)cc1)c1ccc(F)cc1. The van der Waals surface area contributed by atoms with Crippen LogP contribution in [-0.4, -0.2) is 5.75 Å². The van der Waals surface area contributed by atoms with Crippen LogP contribution in [0.25, 0.3) is 0 Å². The van der Waals surface area contributed by atoms with Crippen molar-refractivity contribution in [2.75, 3.05) is 5.75 Å². The van der Waals surface area contributed by atoms with Crippen LogP contribution >= 0.6 is 27.7 Å². The van der Waals surface area contributed by atoms with Crippen LogP contribution in [0.3, 0.4) is 0 Å². The van der Waals surface area contributed by atoms with E-state index in [4.69, 9.17) is 5.84 Å². The van der Waals surface area contributed by atoms with E-state index >= 15 is 0 Å². The summed E-state index contributed by atoms with van der Waals surface area (Å²) < 4.78 is 13.9. The molecule has 0 amide bonds. The van der Waals surface area contributed by atoms with Crippen molar-refractivity contribution in [1.29, 1.82) is 0 Å². The minimum Gasteiger partial charge on any atom is -0.271 e. The molecule has 0 aliphatic carbocycles. The van der Waals surface area contributed by atoms with E-state index in [0.29, 0.717) is 0 Å². The summed E-state index contributed by atoms with van der Waals surface area (Å²) in [7, 11) is 0. The molecule has 0 saturated heterocycles. The predicted molar refractivity (Wildman–Crippen MR) is 81.3 cm³/mol. The predicted octanol–water partition coefficient (Wildman–Crippen LogP) is 3.88. The summed E-state index contributed by atoms with van der Waals surface area (Å²) in [5, 5.41) is 0. The number of nitrogens with two attached hydrogens (primary N) is 1. The van der Waals surface area contributed by atoms with Crippen LogP contribution in [0.4, 0.5) is 4.39 Å². The van der Waals surface area contributed by atoms with Gasteiger partial charge < -0.3 is 0 Å². The molecule has 0 radical (unpaired) electrons. The third kappa shape index (κ3) is 4.31. The highest BCUT2D eigenvalue weighted by Crippen LogP contribution is 2.25. The lowest BCUT2D eigenvalue weighted by Gasteiger charge is -2.16. The fraction of sp³-hybridized carbons (Fsp3) is 0.143. The van der Waals surface area contributed by atoms with Gasteiger partial charge in [-0.15, -0.1) is 11.8 Å². The monoisotopic (exact) mass is 340 g/mol. The molecule has 0 saturated carbocycles. The average Bonchev–Trinajstić information content (AvgIpc) is 2.43. The largest absolute Gasteiger partial charge is 0.271 e. The minimum absolute atomic E-state index is 0.00533. The van der Waals surface area contributed by atoms with Gasteiger partial charge in [0.05, 0.1) is 6.04 Å². The molecule has 0 aromatic heterocycles. The molecule has 2 nitrogen and oxygen atoms in total. The summed E-state index contributed by atoms with van der Waals surface area (Å²) in [6, 6.07) is 14.5. The second kappa shape index (κ2) is 7.05. The minimum atomic E-state index is -0.236. The van der Waals surface area contributed by atoms with E-state index < -0.39 is 0 Å². The molecule has 5 heteroatoms. The molecule has 0 bridgehead atoms. The standard InChI is InChI=1S/C14H14BrFN2S/c15-11-3-7-13(8-4-11)19-9-14(18-17)10-1-5-12(16)6-2-10/h1-8,14,18H,9,17H2. The van der Waals surface area contributed by atoms with E-state index in [1.165, 1.54) is 17.0 Å². The van der Waals surface area contributed by atoms with Gasteiger partial charge in [-0.3, -0.25) is 11.3 Å². The zero-order chi connectivity index (χ0) is 13.7. The van der Waals surface area contributed by atoms with Crippen molar-refractivity contribution in [2.24, 2.45) is 5.84 Å². The highest BCUT2D eigenvalue weighted by molar-refractivity contribution is 9.10. The molecule has 2 aromatic rings. The van der Waals surface area contributed by atoms with Crippen LogP contribution in [0.1, 0.15) is 11.6 Å². The summed E-state index contributed by atoms with van der Waals surface area (Å²) in [6.45, 7) is 0. The van der Waals surface area contributed by atoms with Gasteiger partial charge in [0.2, 0.25) is 0 Å². The van der Waals surface area contributed by atoms with Crippen molar-refractivity contribution in [2.45, 2.75) is 10.9 Å². The molecule has 1 atom stereocenters. The molecule has 1 unspecified atom stereocenters. The van der Waals surface area contributed by atoms with Gasteiger partial charge in [0.15, 0.2) is 0 Å². The number of hydrazine groups is 1. The third-order valence-corrected chi connectivity index (χ3v) is 4.34. The Balaban J connectivity index is 1.99. The average molecular weight is 341 g/mol. The molecule has 0 aliphatic heterocycles. The van der Waals surface area contributed by atoms with E-state index in [0.717, 1.165) is 15.8 Å². The molecular formula is C14H14BrFN2S. The first kappa shape index (κ1) is 14.5. The number of rotatable bonds is 5. The molecule has 0 aliphatic rings. The number of halogens is 2. The normalized spacial score (nSPS) is 12.4. The molecule has 2 rings (SSSR count). The van der Waals surface area contributed by atoms with Gasteiger partial charge >= 0.3 is 0 Å². The third-order valence-electron chi connectivity index (χ3n) is 2.70. The molecule has 0 heterocycles. The number of nitrogens with one attached hydrogen (secondary N) is 1. The fourth-order valence-electron chi connectivity index (χ4n) is 1.65. The lowest BCUT2D eigenvalue weighted by Crippen LogP contribution is -2.29. The van der Waals surface area contributed by atoms with Crippen molar-refractivity contribution < 1.29 is 4.39 Å². The quantitative estimate of drug-likeness (QED) is 0.492. The van der Waals surface area contributed by atoms with Crippen molar-refractivity contribution in [3.8, 4) is 0 Å². The Kier molecular flexibility index (Phi) is 5.39. The Morgan fingerprint density at radius 3 is 2.32 bits per heavy atom. The molecular weight excluding hydrogens is 327 g/mol. The molecule has 0 fully saturated rings. The number of benzene rings is 2. The number of thioether (sulfide) groups is 1. The Morgan fingerprint density at radius 1 is 1.11 bits per heavy atom. The van der Waals surface area contributed by atoms with Gasteiger partial charge in [0.25, 0.3) is 0 Å². The van der Waals surface area contributed by atoms with E-state index in [-0.39, 0.29) is 11.9 Å². The Bertz CT molecular complexity index is 516. The van der Waals surface area contributed by atoms with E-state index in [9.17, 15) is 4.39 Å². The molecule has 100 valence electrons. The number of hydrogen-bond acceptors (Lipinski definition) is 3. The van der Waals surface area contributed by atoms with Crippen LogP contribution < -0.4 is 11.3 Å². The lowest BCUT2D eigenvalue weighted by atomic mass is 10.1. The first-order valence-corrected chi connectivity index (χ1v) is 7.57. The zero-order valence-electron chi connectivity index (χ0n) is 10.1. The maximum Gasteiger partial charge on any atom is 0.123 e.